The number of aromatic nitrogens is 1. The van der Waals surface area contributed by atoms with Crippen LogP contribution in [0.3, 0.4) is 0 Å². The van der Waals surface area contributed by atoms with Crippen LogP contribution < -0.4 is 0 Å². The minimum absolute atomic E-state index is 0.148. The van der Waals surface area contributed by atoms with Crippen LogP contribution >= 0.6 is 0 Å². The van der Waals surface area contributed by atoms with Crippen LogP contribution in [0.15, 0.2) is 29.8 Å². The Balaban J connectivity index is 1.52. The van der Waals surface area contributed by atoms with Crippen molar-refractivity contribution in [3.05, 3.63) is 41.2 Å². The molecule has 0 radical (unpaired) electrons. The molecule has 2 fully saturated rings. The Labute approximate surface area is 170 Å². The van der Waals surface area contributed by atoms with Crippen molar-refractivity contribution in [2.24, 2.45) is 5.41 Å². The van der Waals surface area contributed by atoms with Crippen LogP contribution in [0.2, 0.25) is 0 Å². The molecule has 1 spiro atoms. The van der Waals surface area contributed by atoms with Crippen LogP contribution in [0.4, 0.5) is 8.78 Å². The number of aryl methyl sites for hydroxylation is 1. The van der Waals surface area contributed by atoms with Crippen LogP contribution in [0, 0.1) is 12.3 Å². The van der Waals surface area contributed by atoms with Gasteiger partial charge in [-0.3, -0.25) is 14.7 Å². The number of hydrogen-bond acceptors (Lipinski definition) is 4. The highest BCUT2D eigenvalue weighted by atomic mass is 19.3. The van der Waals surface area contributed by atoms with Crippen LogP contribution in [0.25, 0.3) is 0 Å². The van der Waals surface area contributed by atoms with Gasteiger partial charge in [-0.05, 0) is 43.9 Å². The van der Waals surface area contributed by atoms with Gasteiger partial charge in [-0.1, -0.05) is 12.1 Å². The second kappa shape index (κ2) is 8.11. The lowest BCUT2D eigenvalue weighted by Crippen LogP contribution is -2.61. The second-order valence-corrected chi connectivity index (χ2v) is 8.76. The van der Waals surface area contributed by atoms with Crippen LogP contribution in [0.5, 0.6) is 0 Å². The quantitative estimate of drug-likeness (QED) is 0.722. The summed E-state index contributed by atoms with van der Waals surface area (Å²) in [5, 5.41) is 0. The van der Waals surface area contributed by atoms with Gasteiger partial charge in [0.1, 0.15) is 0 Å². The highest BCUT2D eigenvalue weighted by Gasteiger charge is 2.55. The molecule has 7 heteroatoms. The van der Waals surface area contributed by atoms with Gasteiger partial charge in [0.25, 0.3) is 5.92 Å². The Hall–Kier alpha value is -1.86. The van der Waals surface area contributed by atoms with Crippen LogP contribution in [-0.4, -0.2) is 66.0 Å². The third-order valence-corrected chi connectivity index (χ3v) is 6.11. The van der Waals surface area contributed by atoms with E-state index >= 15 is 0 Å². The van der Waals surface area contributed by atoms with E-state index in [1.807, 2.05) is 25.1 Å². The molecule has 5 nitrogen and oxygen atoms in total. The minimum Gasteiger partial charge on any atom is -0.377 e. The molecule has 3 aliphatic rings. The van der Waals surface area contributed by atoms with Crippen molar-refractivity contribution in [2.75, 3.05) is 39.4 Å². The smallest absolute Gasteiger partial charge is 0.261 e. The van der Waals surface area contributed by atoms with Crippen molar-refractivity contribution in [3.8, 4) is 0 Å². The minimum atomic E-state index is -2.87. The molecule has 0 bridgehead atoms. The Morgan fingerprint density at radius 3 is 2.86 bits per heavy atom. The summed E-state index contributed by atoms with van der Waals surface area (Å²) in [6, 6.07) is 5.71. The third kappa shape index (κ3) is 4.67. The van der Waals surface area contributed by atoms with Gasteiger partial charge in [0, 0.05) is 31.7 Å². The maximum atomic E-state index is 14.7. The first-order valence-corrected chi connectivity index (χ1v) is 10.4. The Morgan fingerprint density at radius 2 is 2.10 bits per heavy atom. The molecule has 0 aromatic carbocycles. The molecule has 1 aromatic rings. The first-order chi connectivity index (χ1) is 13.9. The average Bonchev–Trinajstić information content (AvgIpc) is 2.65. The lowest BCUT2D eigenvalue weighted by atomic mass is 9.71. The largest absolute Gasteiger partial charge is 0.377 e. The van der Waals surface area contributed by atoms with E-state index in [0.29, 0.717) is 45.8 Å². The summed E-state index contributed by atoms with van der Waals surface area (Å²) in [6.07, 6.45) is 3.81. The van der Waals surface area contributed by atoms with Gasteiger partial charge >= 0.3 is 0 Å². The van der Waals surface area contributed by atoms with E-state index in [1.165, 1.54) is 0 Å². The lowest BCUT2D eigenvalue weighted by Gasteiger charge is -2.49. The summed E-state index contributed by atoms with van der Waals surface area (Å²) < 4.78 is 34.9. The zero-order valence-electron chi connectivity index (χ0n) is 17.0. The molecule has 0 saturated carbocycles. The van der Waals surface area contributed by atoms with E-state index in [4.69, 9.17) is 4.74 Å². The number of hydrogen-bond donors (Lipinski definition) is 0. The fourth-order valence-corrected chi connectivity index (χ4v) is 5.03. The summed E-state index contributed by atoms with van der Waals surface area (Å²) in [6.45, 7) is 4.61. The molecule has 158 valence electrons. The number of likely N-dealkylation sites (tertiary alicyclic amines) is 2. The standard InChI is InChI=1S/C22H29F2N3O2/c1-17-5-2-7-19(25-17)12-27-9-4-8-21(20(27)28)14-22(23,24)16-26(15-21)11-18-6-3-10-29-13-18/h2,5-7H,3-4,8-16H2,1H3/t21-/m1/s1. The summed E-state index contributed by atoms with van der Waals surface area (Å²) in [5.74, 6) is -3.01. The number of ether oxygens (including phenoxy) is 1. The highest BCUT2D eigenvalue weighted by molar-refractivity contribution is 5.84. The van der Waals surface area contributed by atoms with Crippen molar-refractivity contribution in [2.45, 2.75) is 45.1 Å². The number of piperidine rings is 2. The summed E-state index contributed by atoms with van der Waals surface area (Å²) in [7, 11) is 0. The summed E-state index contributed by atoms with van der Waals surface area (Å²) >= 11 is 0. The number of nitrogens with zero attached hydrogens (tertiary/aromatic N) is 3. The molecule has 3 aliphatic heterocycles. The molecule has 1 amide bonds. The van der Waals surface area contributed by atoms with Crippen LogP contribution in [-0.2, 0) is 16.1 Å². The van der Waals surface area contributed by atoms with Crippen molar-refractivity contribution >= 4 is 5.91 Å². The van der Waals surface area contributed by atoms with E-state index in [-0.39, 0.29) is 18.9 Å². The van der Waals surface area contributed by atoms with Gasteiger partial charge in [-0.25, -0.2) is 8.78 Å². The number of carbonyl (C=O) groups is 1. The van der Waals surface area contributed by atoms with Gasteiger partial charge < -0.3 is 9.64 Å². The van der Waals surface area contributed by atoms with Gasteiger partial charge in [-0.2, -0.15) is 0 Å². The van der Waals surface area contributed by atoms with E-state index in [1.54, 1.807) is 9.80 Å². The van der Waals surface area contributed by atoms with Crippen molar-refractivity contribution in [3.63, 3.8) is 0 Å². The molecular weight excluding hydrogens is 376 g/mol. The average molecular weight is 405 g/mol. The Morgan fingerprint density at radius 1 is 1.24 bits per heavy atom. The molecule has 1 atom stereocenters. The topological polar surface area (TPSA) is 45.7 Å². The normalized spacial score (nSPS) is 27.9. The first kappa shape index (κ1) is 20.4. The summed E-state index contributed by atoms with van der Waals surface area (Å²) in [5.41, 5.74) is 1.72. The van der Waals surface area contributed by atoms with Crippen molar-refractivity contribution < 1.29 is 18.3 Å². The van der Waals surface area contributed by atoms with Gasteiger partial charge in [0.2, 0.25) is 5.91 Å². The molecule has 0 unspecified atom stereocenters. The first-order valence-electron chi connectivity index (χ1n) is 10.4. The van der Waals surface area contributed by atoms with Gasteiger partial charge in [-0.15, -0.1) is 0 Å². The molecule has 2 saturated heterocycles. The highest BCUT2D eigenvalue weighted by Crippen LogP contribution is 2.45. The number of halogens is 2. The Bertz CT molecular complexity index is 798. The van der Waals surface area contributed by atoms with E-state index in [9.17, 15) is 13.6 Å². The molecule has 4 rings (SSSR count). The third-order valence-electron chi connectivity index (χ3n) is 6.11. The number of alkyl halides is 2. The summed E-state index contributed by atoms with van der Waals surface area (Å²) in [4.78, 5) is 21.4. The van der Waals surface area contributed by atoms with Gasteiger partial charge in [0.15, 0.2) is 0 Å². The maximum Gasteiger partial charge on any atom is 0.261 e. The maximum absolute atomic E-state index is 14.7. The fraction of sp³-hybridized carbons (Fsp3) is 0.636. The number of pyridine rings is 1. The van der Waals surface area contributed by atoms with Crippen LogP contribution in [0.1, 0.15) is 37.1 Å². The van der Waals surface area contributed by atoms with E-state index < -0.39 is 11.3 Å². The number of amides is 1. The number of carbonyl (C=O) groups excluding carboxylic acids is 1. The van der Waals surface area contributed by atoms with Gasteiger partial charge in [0.05, 0.1) is 37.4 Å². The zero-order valence-corrected chi connectivity index (χ0v) is 17.0. The number of rotatable bonds is 4. The lowest BCUT2D eigenvalue weighted by molar-refractivity contribution is -0.169. The zero-order chi connectivity index (χ0) is 20.5. The monoisotopic (exact) mass is 405 g/mol. The molecular formula is C22H29F2N3O2. The predicted octanol–water partition coefficient (Wildman–Crippen LogP) is 3.19. The van der Waals surface area contributed by atoms with E-state index in [2.05, 4.69) is 11.1 Å². The molecule has 0 aliphatic carbocycles. The second-order valence-electron chi connectivity index (χ2n) is 8.76. The molecule has 4 heterocycles. The molecule has 1 aromatic heterocycles. The van der Waals surface area contributed by atoms with E-state index in [0.717, 1.165) is 29.8 Å². The molecule has 29 heavy (non-hydrogen) atoms. The molecule has 0 N–H and O–H groups in total. The van der Waals surface area contributed by atoms with Crippen molar-refractivity contribution in [1.82, 2.24) is 14.8 Å². The fourth-order valence-electron chi connectivity index (χ4n) is 5.03. The Kier molecular flexibility index (Phi) is 5.71. The SMILES string of the molecule is Cc1cccc(CN2CCC[C@@]3(CN(CC4=CCCOC4)CC(F)(F)C3)C2=O)n1. The predicted molar refractivity (Wildman–Crippen MR) is 106 cm³/mol. The van der Waals surface area contributed by atoms with Crippen molar-refractivity contribution in [1.29, 1.82) is 0 Å².